The van der Waals surface area contributed by atoms with E-state index >= 15 is 0 Å². The fourth-order valence-corrected chi connectivity index (χ4v) is 1.50. The maximum atomic E-state index is 12.0. The van der Waals surface area contributed by atoms with Crippen molar-refractivity contribution in [2.45, 2.75) is 6.92 Å². The first kappa shape index (κ1) is 14.4. The Balaban J connectivity index is 2.54. The summed E-state index contributed by atoms with van der Waals surface area (Å²) in [6.07, 6.45) is 0. The van der Waals surface area contributed by atoms with Crippen LogP contribution in [0, 0.1) is 6.92 Å². The van der Waals surface area contributed by atoms with Gasteiger partial charge in [0.25, 0.3) is 0 Å². The molecule has 0 fully saturated rings. The Kier molecular flexibility index (Phi) is 5.04. The number of hydrogen-bond donors (Lipinski definition) is 0. The average Bonchev–Trinajstić information content (AvgIpc) is 2.29. The van der Waals surface area contributed by atoms with Crippen molar-refractivity contribution in [3.63, 3.8) is 0 Å². The molecule has 0 aliphatic carbocycles. The number of nitrogens with zero attached hydrogens (tertiary/aromatic N) is 2. The number of Topliss-reactive ketones (excluding diaryl/α,β-unsaturated/α-hetero) is 1. The Morgan fingerprint density at radius 3 is 2.06 bits per heavy atom. The van der Waals surface area contributed by atoms with Crippen molar-refractivity contribution in [1.29, 1.82) is 0 Å². The van der Waals surface area contributed by atoms with E-state index in [1.165, 1.54) is 4.90 Å². The van der Waals surface area contributed by atoms with E-state index in [0.29, 0.717) is 5.56 Å². The van der Waals surface area contributed by atoms with Crippen molar-refractivity contribution in [2.24, 2.45) is 0 Å². The van der Waals surface area contributed by atoms with Gasteiger partial charge in [0, 0.05) is 19.7 Å². The lowest BCUT2D eigenvalue weighted by Crippen LogP contribution is -2.36. The van der Waals surface area contributed by atoms with Crippen LogP contribution in [-0.2, 0) is 4.79 Å². The van der Waals surface area contributed by atoms with E-state index in [0.717, 1.165) is 5.56 Å². The smallest absolute Gasteiger partial charge is 0.236 e. The lowest BCUT2D eigenvalue weighted by Gasteiger charge is -2.18. The molecule has 98 valence electrons. The topological polar surface area (TPSA) is 40.6 Å². The molecule has 4 nitrogen and oxygen atoms in total. The molecule has 4 heteroatoms. The fourth-order valence-electron chi connectivity index (χ4n) is 1.50. The summed E-state index contributed by atoms with van der Waals surface area (Å²) in [6, 6.07) is 7.47. The monoisotopic (exact) mass is 248 g/mol. The number of carbonyl (C=O) groups excluding carboxylic acids is 2. The van der Waals surface area contributed by atoms with Crippen molar-refractivity contribution in [3.05, 3.63) is 35.4 Å². The SMILES string of the molecule is Cc1ccc(C(=O)CN(C)CC(=O)N(C)C)cc1. The van der Waals surface area contributed by atoms with Crippen LogP contribution in [0.5, 0.6) is 0 Å². The number of hydrogen-bond acceptors (Lipinski definition) is 3. The van der Waals surface area contributed by atoms with Crippen molar-refractivity contribution >= 4 is 11.7 Å². The standard InChI is InChI=1S/C14H20N2O2/c1-11-5-7-12(8-6-11)13(17)9-16(4)10-14(18)15(2)3/h5-8H,9-10H2,1-4H3. The number of carbonyl (C=O) groups is 2. The van der Waals surface area contributed by atoms with E-state index in [2.05, 4.69) is 0 Å². The van der Waals surface area contributed by atoms with Crippen LogP contribution in [-0.4, -0.2) is 55.7 Å². The zero-order valence-corrected chi connectivity index (χ0v) is 11.4. The summed E-state index contributed by atoms with van der Waals surface area (Å²) in [6.45, 7) is 2.49. The van der Waals surface area contributed by atoms with E-state index in [-0.39, 0.29) is 24.8 Å². The molecule has 0 unspecified atom stereocenters. The minimum absolute atomic E-state index is 0.00536. The molecule has 0 aliphatic heterocycles. The van der Waals surface area contributed by atoms with Crippen molar-refractivity contribution < 1.29 is 9.59 Å². The summed E-state index contributed by atoms with van der Waals surface area (Å²) in [5, 5.41) is 0. The number of amides is 1. The summed E-state index contributed by atoms with van der Waals surface area (Å²) in [4.78, 5) is 26.7. The highest BCUT2D eigenvalue weighted by Gasteiger charge is 2.13. The highest BCUT2D eigenvalue weighted by Crippen LogP contribution is 2.04. The van der Waals surface area contributed by atoms with Gasteiger partial charge in [-0.2, -0.15) is 0 Å². The zero-order valence-electron chi connectivity index (χ0n) is 11.4. The van der Waals surface area contributed by atoms with E-state index in [9.17, 15) is 9.59 Å². The molecular weight excluding hydrogens is 228 g/mol. The summed E-state index contributed by atoms with van der Waals surface area (Å²) in [7, 11) is 5.18. The first-order valence-corrected chi connectivity index (χ1v) is 5.88. The normalized spacial score (nSPS) is 10.5. The number of benzene rings is 1. The zero-order chi connectivity index (χ0) is 13.7. The molecular formula is C14H20N2O2. The van der Waals surface area contributed by atoms with Gasteiger partial charge in [0.1, 0.15) is 0 Å². The summed E-state index contributed by atoms with van der Waals surface area (Å²) in [5.41, 5.74) is 1.81. The Morgan fingerprint density at radius 1 is 1.00 bits per heavy atom. The van der Waals surface area contributed by atoms with E-state index in [1.807, 2.05) is 31.2 Å². The second-order valence-corrected chi connectivity index (χ2v) is 4.75. The van der Waals surface area contributed by atoms with Gasteiger partial charge in [-0.3, -0.25) is 14.5 Å². The van der Waals surface area contributed by atoms with Crippen molar-refractivity contribution in [1.82, 2.24) is 9.80 Å². The fraction of sp³-hybridized carbons (Fsp3) is 0.429. The summed E-state index contributed by atoms with van der Waals surface area (Å²) in [5.74, 6) is 0.0262. The molecule has 0 heterocycles. The Bertz CT molecular complexity index is 424. The molecule has 18 heavy (non-hydrogen) atoms. The second-order valence-electron chi connectivity index (χ2n) is 4.75. The van der Waals surface area contributed by atoms with Gasteiger partial charge in [-0.15, -0.1) is 0 Å². The van der Waals surface area contributed by atoms with Crippen LogP contribution in [0.1, 0.15) is 15.9 Å². The Labute approximate surface area is 108 Å². The van der Waals surface area contributed by atoms with Crippen molar-refractivity contribution in [3.8, 4) is 0 Å². The lowest BCUT2D eigenvalue weighted by molar-refractivity contribution is -0.129. The first-order valence-electron chi connectivity index (χ1n) is 5.88. The van der Waals surface area contributed by atoms with Gasteiger partial charge in [0.2, 0.25) is 5.91 Å². The van der Waals surface area contributed by atoms with Gasteiger partial charge < -0.3 is 4.90 Å². The largest absolute Gasteiger partial charge is 0.348 e. The molecule has 0 atom stereocenters. The van der Waals surface area contributed by atoms with E-state index in [1.54, 1.807) is 26.0 Å². The Hall–Kier alpha value is -1.68. The molecule has 1 aromatic rings. The van der Waals surface area contributed by atoms with Crippen LogP contribution >= 0.6 is 0 Å². The van der Waals surface area contributed by atoms with Crippen LogP contribution in [0.3, 0.4) is 0 Å². The molecule has 1 amide bonds. The third-order valence-corrected chi connectivity index (χ3v) is 2.69. The predicted octanol–water partition coefficient (Wildman–Crippen LogP) is 1.20. The molecule has 0 saturated carbocycles. The predicted molar refractivity (Wildman–Crippen MR) is 71.7 cm³/mol. The minimum Gasteiger partial charge on any atom is -0.348 e. The highest BCUT2D eigenvalue weighted by atomic mass is 16.2. The van der Waals surface area contributed by atoms with Crippen LogP contribution < -0.4 is 0 Å². The van der Waals surface area contributed by atoms with Gasteiger partial charge in [-0.25, -0.2) is 0 Å². The van der Waals surface area contributed by atoms with Gasteiger partial charge in [-0.05, 0) is 14.0 Å². The third-order valence-electron chi connectivity index (χ3n) is 2.69. The van der Waals surface area contributed by atoms with Crippen LogP contribution in [0.15, 0.2) is 24.3 Å². The molecule has 0 spiro atoms. The van der Waals surface area contributed by atoms with E-state index < -0.39 is 0 Å². The highest BCUT2D eigenvalue weighted by molar-refractivity contribution is 5.97. The molecule has 1 aromatic carbocycles. The second kappa shape index (κ2) is 6.31. The Morgan fingerprint density at radius 2 is 1.56 bits per heavy atom. The molecule has 0 saturated heterocycles. The number of ketones is 1. The summed E-state index contributed by atoms with van der Waals surface area (Å²) >= 11 is 0. The van der Waals surface area contributed by atoms with Crippen LogP contribution in [0.2, 0.25) is 0 Å². The molecule has 0 radical (unpaired) electrons. The van der Waals surface area contributed by atoms with Gasteiger partial charge >= 0.3 is 0 Å². The third kappa shape index (κ3) is 4.30. The molecule has 0 bridgehead atoms. The summed E-state index contributed by atoms with van der Waals surface area (Å²) < 4.78 is 0. The van der Waals surface area contributed by atoms with Crippen LogP contribution in [0.4, 0.5) is 0 Å². The van der Waals surface area contributed by atoms with Crippen LogP contribution in [0.25, 0.3) is 0 Å². The maximum absolute atomic E-state index is 12.0. The maximum Gasteiger partial charge on any atom is 0.236 e. The first-order chi connectivity index (χ1) is 8.40. The quantitative estimate of drug-likeness (QED) is 0.735. The lowest BCUT2D eigenvalue weighted by atomic mass is 10.1. The molecule has 0 aromatic heterocycles. The van der Waals surface area contributed by atoms with Gasteiger partial charge in [-0.1, -0.05) is 29.8 Å². The van der Waals surface area contributed by atoms with Gasteiger partial charge in [0.05, 0.1) is 13.1 Å². The molecule has 1 rings (SSSR count). The molecule has 0 aliphatic rings. The minimum atomic E-state index is -0.00536. The number of rotatable bonds is 5. The average molecular weight is 248 g/mol. The van der Waals surface area contributed by atoms with E-state index in [4.69, 9.17) is 0 Å². The number of aryl methyl sites for hydroxylation is 1. The van der Waals surface area contributed by atoms with Gasteiger partial charge in [0.15, 0.2) is 5.78 Å². The molecule has 0 N–H and O–H groups in total. The van der Waals surface area contributed by atoms with Crippen molar-refractivity contribution in [2.75, 3.05) is 34.2 Å². The number of likely N-dealkylation sites (N-methyl/N-ethyl adjacent to an activating group) is 2.